The fourth-order valence-corrected chi connectivity index (χ4v) is 1.48. The molecule has 0 spiro atoms. The molecule has 0 aliphatic rings. The maximum atomic E-state index is 9.83. The summed E-state index contributed by atoms with van der Waals surface area (Å²) in [6.45, 7) is 3.93. The Morgan fingerprint density at radius 3 is 2.07 bits per heavy atom. The fraction of sp³-hybridized carbons (Fsp3) is 1.00. The van der Waals surface area contributed by atoms with Gasteiger partial charge in [0.1, 0.15) is 12.0 Å². The smallest absolute Gasteiger partial charge is 0.127 e. The summed E-state index contributed by atoms with van der Waals surface area (Å²) in [5.41, 5.74) is -1.25. The Balaban J connectivity index is 4.11. The number of aliphatic hydroxyl groups excluding tert-OH is 3. The van der Waals surface area contributed by atoms with Gasteiger partial charge in [-0.1, -0.05) is 0 Å². The zero-order chi connectivity index (χ0) is 11.9. The summed E-state index contributed by atoms with van der Waals surface area (Å²) in [6, 6.07) is 0. The predicted octanol–water partition coefficient (Wildman–Crippen LogP) is -2.09. The molecule has 92 valence electrons. The molecular weight excluding hydrogens is 200 g/mol. The molecule has 6 nitrogen and oxygen atoms in total. The van der Waals surface area contributed by atoms with Crippen LogP contribution in [0.15, 0.2) is 0 Å². The van der Waals surface area contributed by atoms with Crippen LogP contribution in [0.3, 0.4) is 0 Å². The SMILES string of the molecule is CC(O)NC(C)(O)CN(CCO)CCO. The molecule has 0 aliphatic carbocycles. The van der Waals surface area contributed by atoms with Crippen LogP contribution >= 0.6 is 0 Å². The van der Waals surface area contributed by atoms with Crippen molar-refractivity contribution in [1.29, 1.82) is 0 Å². The molecule has 0 rings (SSSR count). The van der Waals surface area contributed by atoms with Crippen molar-refractivity contribution in [1.82, 2.24) is 10.2 Å². The summed E-state index contributed by atoms with van der Waals surface area (Å²) in [5, 5.41) is 39.0. The van der Waals surface area contributed by atoms with Gasteiger partial charge in [0.25, 0.3) is 0 Å². The van der Waals surface area contributed by atoms with Crippen LogP contribution in [0.5, 0.6) is 0 Å². The van der Waals surface area contributed by atoms with Gasteiger partial charge in [-0.15, -0.1) is 0 Å². The van der Waals surface area contributed by atoms with Crippen molar-refractivity contribution in [2.45, 2.75) is 25.8 Å². The molecule has 6 heteroatoms. The van der Waals surface area contributed by atoms with Crippen LogP contribution in [-0.4, -0.2) is 70.1 Å². The molecule has 5 N–H and O–H groups in total. The van der Waals surface area contributed by atoms with E-state index in [-0.39, 0.29) is 19.8 Å². The summed E-state index contributed by atoms with van der Waals surface area (Å²) >= 11 is 0. The molecule has 0 saturated carbocycles. The molecule has 0 aliphatic heterocycles. The molecule has 0 amide bonds. The Bertz CT molecular complexity index is 158. The van der Waals surface area contributed by atoms with Gasteiger partial charge in [0.2, 0.25) is 0 Å². The molecule has 0 saturated heterocycles. The summed E-state index contributed by atoms with van der Waals surface area (Å²) in [4.78, 5) is 1.70. The zero-order valence-electron chi connectivity index (χ0n) is 9.35. The van der Waals surface area contributed by atoms with Gasteiger partial charge in [-0.2, -0.15) is 0 Å². The van der Waals surface area contributed by atoms with E-state index in [1.165, 1.54) is 13.8 Å². The lowest BCUT2D eigenvalue weighted by Crippen LogP contribution is -2.55. The number of hydrogen-bond donors (Lipinski definition) is 5. The highest BCUT2D eigenvalue weighted by atomic mass is 16.3. The predicted molar refractivity (Wildman–Crippen MR) is 56.1 cm³/mol. The third-order valence-electron chi connectivity index (χ3n) is 1.88. The van der Waals surface area contributed by atoms with Gasteiger partial charge in [0.15, 0.2) is 0 Å². The normalized spacial score (nSPS) is 17.8. The third kappa shape index (κ3) is 7.66. The Labute approximate surface area is 90.1 Å². The summed E-state index contributed by atoms with van der Waals surface area (Å²) < 4.78 is 0. The average molecular weight is 222 g/mol. The van der Waals surface area contributed by atoms with Crippen LogP contribution in [0, 0.1) is 0 Å². The Morgan fingerprint density at radius 2 is 1.73 bits per heavy atom. The zero-order valence-corrected chi connectivity index (χ0v) is 9.35. The Hall–Kier alpha value is -0.240. The van der Waals surface area contributed by atoms with Crippen molar-refractivity contribution < 1.29 is 20.4 Å². The van der Waals surface area contributed by atoms with Crippen LogP contribution in [0.4, 0.5) is 0 Å². The second-order valence-electron chi connectivity index (χ2n) is 3.82. The molecule has 2 unspecified atom stereocenters. The van der Waals surface area contributed by atoms with E-state index in [1.54, 1.807) is 4.90 Å². The third-order valence-corrected chi connectivity index (χ3v) is 1.88. The van der Waals surface area contributed by atoms with Gasteiger partial charge in [0, 0.05) is 19.6 Å². The van der Waals surface area contributed by atoms with Gasteiger partial charge in [-0.3, -0.25) is 10.2 Å². The second kappa shape index (κ2) is 7.10. The fourth-order valence-electron chi connectivity index (χ4n) is 1.48. The van der Waals surface area contributed by atoms with Gasteiger partial charge in [-0.05, 0) is 13.8 Å². The van der Waals surface area contributed by atoms with E-state index in [4.69, 9.17) is 15.3 Å². The first kappa shape index (κ1) is 14.8. The number of hydrogen-bond acceptors (Lipinski definition) is 6. The van der Waals surface area contributed by atoms with Crippen LogP contribution in [0.2, 0.25) is 0 Å². The summed E-state index contributed by atoms with van der Waals surface area (Å²) in [5.74, 6) is 0. The lowest BCUT2D eigenvalue weighted by atomic mass is 10.2. The van der Waals surface area contributed by atoms with Gasteiger partial charge < -0.3 is 20.4 Å². The molecule has 0 aromatic heterocycles. The van der Waals surface area contributed by atoms with Gasteiger partial charge >= 0.3 is 0 Å². The molecule has 0 bridgehead atoms. The van der Waals surface area contributed by atoms with Crippen molar-refractivity contribution in [2.75, 3.05) is 32.8 Å². The molecule has 2 atom stereocenters. The first-order valence-corrected chi connectivity index (χ1v) is 5.03. The van der Waals surface area contributed by atoms with Gasteiger partial charge in [-0.25, -0.2) is 0 Å². The minimum absolute atomic E-state index is 0.0369. The van der Waals surface area contributed by atoms with E-state index in [0.717, 1.165) is 0 Å². The molecule has 0 aromatic rings. The maximum Gasteiger partial charge on any atom is 0.127 e. The first-order chi connectivity index (χ1) is 6.91. The second-order valence-corrected chi connectivity index (χ2v) is 3.82. The quantitative estimate of drug-likeness (QED) is 0.302. The van der Waals surface area contributed by atoms with Crippen LogP contribution in [0.25, 0.3) is 0 Å². The van der Waals surface area contributed by atoms with Crippen molar-refractivity contribution in [3.8, 4) is 0 Å². The number of rotatable bonds is 8. The van der Waals surface area contributed by atoms with Crippen LogP contribution in [0.1, 0.15) is 13.8 Å². The van der Waals surface area contributed by atoms with E-state index >= 15 is 0 Å². The molecular formula is C9H22N2O4. The minimum Gasteiger partial charge on any atom is -0.395 e. The molecule has 0 heterocycles. The molecule has 0 fully saturated rings. The minimum atomic E-state index is -1.25. The number of nitrogens with zero attached hydrogens (tertiary/aromatic N) is 1. The molecule has 0 radical (unpaired) electrons. The monoisotopic (exact) mass is 222 g/mol. The number of aliphatic hydroxyl groups is 4. The lowest BCUT2D eigenvalue weighted by Gasteiger charge is -2.32. The van der Waals surface area contributed by atoms with Gasteiger partial charge in [0.05, 0.1) is 13.2 Å². The molecule has 15 heavy (non-hydrogen) atoms. The van der Waals surface area contributed by atoms with E-state index in [9.17, 15) is 5.11 Å². The summed E-state index contributed by atoms with van der Waals surface area (Å²) in [6.07, 6.45) is -0.815. The Kier molecular flexibility index (Phi) is 6.99. The van der Waals surface area contributed by atoms with Crippen molar-refractivity contribution >= 4 is 0 Å². The Morgan fingerprint density at radius 1 is 1.27 bits per heavy atom. The van der Waals surface area contributed by atoms with E-state index in [1.807, 2.05) is 0 Å². The van der Waals surface area contributed by atoms with E-state index in [2.05, 4.69) is 5.32 Å². The van der Waals surface area contributed by atoms with Crippen LogP contribution in [-0.2, 0) is 0 Å². The maximum absolute atomic E-state index is 9.83. The molecule has 0 aromatic carbocycles. The topological polar surface area (TPSA) is 96.2 Å². The van der Waals surface area contributed by atoms with Crippen molar-refractivity contribution in [2.24, 2.45) is 0 Å². The highest BCUT2D eigenvalue weighted by molar-refractivity contribution is 4.75. The lowest BCUT2D eigenvalue weighted by molar-refractivity contribution is -0.0526. The summed E-state index contributed by atoms with van der Waals surface area (Å²) in [7, 11) is 0. The van der Waals surface area contributed by atoms with Crippen LogP contribution < -0.4 is 5.32 Å². The van der Waals surface area contributed by atoms with Crippen molar-refractivity contribution in [3.05, 3.63) is 0 Å². The first-order valence-electron chi connectivity index (χ1n) is 5.03. The highest BCUT2D eigenvalue weighted by Gasteiger charge is 2.24. The largest absolute Gasteiger partial charge is 0.395 e. The number of nitrogens with one attached hydrogen (secondary N) is 1. The van der Waals surface area contributed by atoms with E-state index in [0.29, 0.717) is 13.1 Å². The van der Waals surface area contributed by atoms with Crippen molar-refractivity contribution in [3.63, 3.8) is 0 Å². The standard InChI is InChI=1S/C9H22N2O4/c1-8(14)10-9(2,15)7-11(3-5-12)4-6-13/h8,10,12-15H,3-7H2,1-2H3. The average Bonchev–Trinajstić information content (AvgIpc) is 2.01. The van der Waals surface area contributed by atoms with E-state index < -0.39 is 12.0 Å². The highest BCUT2D eigenvalue weighted by Crippen LogP contribution is 2.03.